The lowest BCUT2D eigenvalue weighted by atomic mass is 10.0. The lowest BCUT2D eigenvalue weighted by Gasteiger charge is -2.05. The Morgan fingerprint density at radius 3 is 1.75 bits per heavy atom. The predicted octanol–water partition coefficient (Wildman–Crippen LogP) is 7.72. The van der Waals surface area contributed by atoms with Gasteiger partial charge in [0.15, 0.2) is 0 Å². The van der Waals surface area contributed by atoms with Gasteiger partial charge in [0.2, 0.25) is 0 Å². The Kier molecular flexibility index (Phi) is 24.7. The molecule has 24 heavy (non-hydrogen) atoms. The van der Waals surface area contributed by atoms with Gasteiger partial charge in [-0.3, -0.25) is 10.1 Å². The number of allylic oxidation sites excluding steroid dienone is 4. The van der Waals surface area contributed by atoms with Gasteiger partial charge < -0.3 is 0 Å². The third kappa shape index (κ3) is 22.9. The van der Waals surface area contributed by atoms with Gasteiger partial charge in [0, 0.05) is 11.6 Å². The highest BCUT2D eigenvalue weighted by Gasteiger charge is 2.08. The third-order valence-corrected chi connectivity index (χ3v) is 3.35. The van der Waals surface area contributed by atoms with Gasteiger partial charge in [-0.25, -0.2) is 0 Å². The molecule has 0 aliphatic rings. The molecule has 0 radical (unpaired) electrons. The number of nitrogens with zero attached hydrogens (tertiary/aromatic N) is 1. The summed E-state index contributed by atoms with van der Waals surface area (Å²) in [7, 11) is 0. The summed E-state index contributed by atoms with van der Waals surface area (Å²) in [6.07, 6.45) is 14.4. The second kappa shape index (κ2) is 21.6. The second-order valence-electron chi connectivity index (χ2n) is 6.15. The van der Waals surface area contributed by atoms with E-state index in [9.17, 15) is 10.1 Å². The van der Waals surface area contributed by atoms with Crippen molar-refractivity contribution in [3.05, 3.63) is 46.2 Å². The van der Waals surface area contributed by atoms with Crippen molar-refractivity contribution in [2.75, 3.05) is 0 Å². The molecule has 0 atom stereocenters. The lowest BCUT2D eigenvalue weighted by Crippen LogP contribution is -1.98. The first kappa shape index (κ1) is 27.5. The van der Waals surface area contributed by atoms with E-state index in [-0.39, 0.29) is 5.70 Å². The Morgan fingerprint density at radius 1 is 1.08 bits per heavy atom. The molecule has 0 aromatic rings. The van der Waals surface area contributed by atoms with Gasteiger partial charge in [-0.05, 0) is 19.8 Å². The molecule has 0 aliphatic heterocycles. The number of nitro groups is 1. The fraction of sp³-hybridized carbons (Fsp3) is 0.714. The van der Waals surface area contributed by atoms with E-state index in [0.717, 1.165) is 5.92 Å². The second-order valence-corrected chi connectivity index (χ2v) is 6.15. The van der Waals surface area contributed by atoms with Crippen LogP contribution < -0.4 is 0 Å². The van der Waals surface area contributed by atoms with Gasteiger partial charge in [0.05, 0.1) is 4.92 Å². The van der Waals surface area contributed by atoms with Crippen LogP contribution in [0.1, 0.15) is 93.4 Å². The van der Waals surface area contributed by atoms with Gasteiger partial charge >= 0.3 is 0 Å². The molecule has 0 N–H and O–H groups in total. The Morgan fingerprint density at radius 2 is 1.54 bits per heavy atom. The SMILES string of the molecule is C=C(C)/C(=C\C=C/C)[N+](=O)[O-].CCCC(C)CCC.CCCCC. The van der Waals surface area contributed by atoms with E-state index in [1.54, 1.807) is 26.0 Å². The van der Waals surface area contributed by atoms with Gasteiger partial charge in [-0.2, -0.15) is 0 Å². The molecule has 0 saturated heterocycles. The molecule has 0 aromatic heterocycles. The summed E-state index contributed by atoms with van der Waals surface area (Å²) >= 11 is 0. The molecular formula is C21H41NO2. The summed E-state index contributed by atoms with van der Waals surface area (Å²) in [5.41, 5.74) is 0.524. The van der Waals surface area contributed by atoms with E-state index >= 15 is 0 Å². The van der Waals surface area contributed by atoms with Crippen molar-refractivity contribution in [3.63, 3.8) is 0 Å². The number of hydrogen-bond acceptors (Lipinski definition) is 2. The van der Waals surface area contributed by atoms with Gasteiger partial charge in [0.1, 0.15) is 0 Å². The van der Waals surface area contributed by atoms with E-state index in [0.29, 0.717) is 5.57 Å². The summed E-state index contributed by atoms with van der Waals surface area (Å²) < 4.78 is 0. The van der Waals surface area contributed by atoms with Crippen LogP contribution in [0.4, 0.5) is 0 Å². The van der Waals surface area contributed by atoms with Crippen molar-refractivity contribution >= 4 is 0 Å². The highest BCUT2D eigenvalue weighted by molar-refractivity contribution is 5.23. The number of hydrogen-bond donors (Lipinski definition) is 0. The van der Waals surface area contributed by atoms with Gasteiger partial charge in [-0.15, -0.1) is 0 Å². The topological polar surface area (TPSA) is 43.1 Å². The lowest BCUT2D eigenvalue weighted by molar-refractivity contribution is -0.420. The maximum absolute atomic E-state index is 10.3. The quantitative estimate of drug-likeness (QED) is 0.245. The van der Waals surface area contributed by atoms with Crippen LogP contribution in [0.5, 0.6) is 0 Å². The van der Waals surface area contributed by atoms with E-state index in [1.165, 1.54) is 51.0 Å². The predicted molar refractivity (Wildman–Crippen MR) is 109 cm³/mol. The molecule has 142 valence electrons. The molecule has 0 unspecified atom stereocenters. The first-order valence-electron chi connectivity index (χ1n) is 9.45. The zero-order valence-electron chi connectivity index (χ0n) is 17.2. The number of unbranched alkanes of at least 4 members (excludes halogenated alkanes) is 2. The summed E-state index contributed by atoms with van der Waals surface area (Å²) in [6.45, 7) is 18.2. The van der Waals surface area contributed by atoms with Crippen LogP contribution in [0.3, 0.4) is 0 Å². The Hall–Kier alpha value is -1.38. The molecule has 0 amide bonds. The minimum absolute atomic E-state index is 0.0584. The monoisotopic (exact) mass is 339 g/mol. The Bertz CT molecular complexity index is 333. The molecule has 0 fully saturated rings. The van der Waals surface area contributed by atoms with Gasteiger partial charge in [-0.1, -0.05) is 98.3 Å². The average Bonchev–Trinajstić information content (AvgIpc) is 2.49. The highest BCUT2D eigenvalue weighted by atomic mass is 16.6. The van der Waals surface area contributed by atoms with Crippen molar-refractivity contribution in [2.45, 2.75) is 93.4 Å². The normalized spacial score (nSPS) is 10.8. The number of rotatable bonds is 9. The molecule has 0 aromatic carbocycles. The van der Waals surface area contributed by atoms with Crippen LogP contribution in [0.2, 0.25) is 0 Å². The summed E-state index contributed by atoms with van der Waals surface area (Å²) in [4.78, 5) is 9.85. The van der Waals surface area contributed by atoms with E-state index in [2.05, 4.69) is 41.2 Å². The Balaban J connectivity index is -0.000000298. The van der Waals surface area contributed by atoms with Crippen molar-refractivity contribution < 1.29 is 4.92 Å². The molecule has 0 aliphatic carbocycles. The van der Waals surface area contributed by atoms with Crippen molar-refractivity contribution in [3.8, 4) is 0 Å². The van der Waals surface area contributed by atoms with Crippen LogP contribution in [0, 0.1) is 16.0 Å². The summed E-state index contributed by atoms with van der Waals surface area (Å²) in [5.74, 6) is 0.963. The van der Waals surface area contributed by atoms with E-state index in [1.807, 2.05) is 0 Å². The standard InChI is InChI=1S/C8H11NO2.C8H18.C5H12/c1-4-5-6-8(7(2)3)9(10)11;1-4-6-8(3)7-5-2;1-3-5-4-2/h4-6H,2H2,1,3H3;8H,4-7H2,1-3H3;3-5H2,1-2H3/b5-4-,8-6+;;. The fourth-order valence-corrected chi connectivity index (χ4v) is 2.03. The largest absolute Gasteiger partial charge is 0.271 e. The molecule has 0 spiro atoms. The minimum Gasteiger partial charge on any atom is -0.258 e. The molecule has 0 saturated carbocycles. The molecule has 0 bridgehead atoms. The summed E-state index contributed by atoms with van der Waals surface area (Å²) in [5, 5.41) is 10.3. The Labute approximate surface area is 151 Å². The zero-order chi connectivity index (χ0) is 19.4. The smallest absolute Gasteiger partial charge is 0.258 e. The van der Waals surface area contributed by atoms with Crippen molar-refractivity contribution in [2.24, 2.45) is 5.92 Å². The van der Waals surface area contributed by atoms with Crippen LogP contribution in [0.15, 0.2) is 36.1 Å². The van der Waals surface area contributed by atoms with Crippen molar-refractivity contribution in [1.29, 1.82) is 0 Å². The van der Waals surface area contributed by atoms with Crippen LogP contribution >= 0.6 is 0 Å². The van der Waals surface area contributed by atoms with Crippen molar-refractivity contribution in [1.82, 2.24) is 0 Å². The molecular weight excluding hydrogens is 298 g/mol. The van der Waals surface area contributed by atoms with E-state index < -0.39 is 4.92 Å². The minimum atomic E-state index is -0.442. The molecule has 3 nitrogen and oxygen atoms in total. The maximum Gasteiger partial charge on any atom is 0.271 e. The van der Waals surface area contributed by atoms with Crippen LogP contribution in [-0.4, -0.2) is 4.92 Å². The third-order valence-electron chi connectivity index (χ3n) is 3.35. The molecule has 3 heteroatoms. The fourth-order valence-electron chi connectivity index (χ4n) is 2.03. The average molecular weight is 340 g/mol. The maximum atomic E-state index is 10.3. The highest BCUT2D eigenvalue weighted by Crippen LogP contribution is 2.10. The van der Waals surface area contributed by atoms with E-state index in [4.69, 9.17) is 0 Å². The first-order chi connectivity index (χ1) is 11.3. The molecule has 0 heterocycles. The van der Waals surface area contributed by atoms with Crippen LogP contribution in [0.25, 0.3) is 0 Å². The molecule has 0 rings (SSSR count). The van der Waals surface area contributed by atoms with Crippen LogP contribution in [-0.2, 0) is 0 Å². The zero-order valence-corrected chi connectivity index (χ0v) is 17.2. The first-order valence-corrected chi connectivity index (χ1v) is 9.45. The summed E-state index contributed by atoms with van der Waals surface area (Å²) in [6, 6.07) is 0. The van der Waals surface area contributed by atoms with Gasteiger partial charge in [0.25, 0.3) is 5.70 Å².